The molecule has 6 aliphatic heterocycles. The second kappa shape index (κ2) is 28.8. The number of unbranched alkanes of at least 4 members (excludes halogenated alkanes) is 2. The summed E-state index contributed by atoms with van der Waals surface area (Å²) in [7, 11) is 0. The van der Waals surface area contributed by atoms with Crippen molar-refractivity contribution in [3.05, 3.63) is 0 Å². The van der Waals surface area contributed by atoms with Crippen molar-refractivity contribution in [2.24, 2.45) is 5.73 Å². The van der Waals surface area contributed by atoms with Crippen molar-refractivity contribution in [3.63, 3.8) is 0 Å². The van der Waals surface area contributed by atoms with Gasteiger partial charge < -0.3 is 155 Å². The minimum Gasteiger partial charge on any atom is -0.394 e. The van der Waals surface area contributed by atoms with E-state index in [1.54, 1.807) is 0 Å². The van der Waals surface area contributed by atoms with Gasteiger partial charge in [-0.2, -0.15) is 0 Å². The van der Waals surface area contributed by atoms with Crippen LogP contribution >= 0.6 is 0 Å². The first-order valence-electron chi connectivity index (χ1n) is 24.8. The van der Waals surface area contributed by atoms with E-state index in [0.717, 1.165) is 6.92 Å². The number of ether oxygens (including phenoxy) is 12. The molecule has 6 saturated heterocycles. The number of nitrogens with one attached hydrogen (secondary N) is 1. The minimum absolute atomic E-state index is 0.104. The van der Waals surface area contributed by atoms with Crippen LogP contribution in [0.15, 0.2) is 0 Å². The summed E-state index contributed by atoms with van der Waals surface area (Å²) in [6.07, 6.45) is -53.7. The quantitative estimate of drug-likeness (QED) is 0.0423. The fraction of sp³-hybridized carbons (Fsp3) is 0.977. The zero-order valence-corrected chi connectivity index (χ0v) is 41.0. The van der Waals surface area contributed by atoms with Gasteiger partial charge in [-0.05, 0) is 25.8 Å². The van der Waals surface area contributed by atoms with Crippen molar-refractivity contribution in [1.82, 2.24) is 5.32 Å². The SMILES string of the molecule is CC(=O)NC1[C@H](O[C@@H]2C(O)[C@@H](O[C@H]3C(CO)O[C@@H](O[C@@H]4C(CO)O[C@@H](OCCCCCN)C(O)[C@H]4O)C(O)[C@H]3O)OC(CO)[C@@H]2O)OC(CO)[C@H](O)[C@@H]1O[C@@H]1OC(CO)[C@H](O)[C@H](O)C1O[C@@H]1OC(CF)[C@@H](O)[C@H](O)C1O. The molecule has 0 radical (unpaired) electrons. The van der Waals surface area contributed by atoms with E-state index in [-0.39, 0.29) is 6.61 Å². The van der Waals surface area contributed by atoms with Crippen LogP contribution < -0.4 is 11.1 Å². The zero-order valence-electron chi connectivity index (χ0n) is 41.0. The summed E-state index contributed by atoms with van der Waals surface area (Å²) in [5.74, 6) is -0.892. The molecule has 0 saturated carbocycles. The summed E-state index contributed by atoms with van der Waals surface area (Å²) < 4.78 is 82.4. The van der Waals surface area contributed by atoms with Gasteiger partial charge >= 0.3 is 0 Å². The molecular formula is C43H75FN2O30. The first kappa shape index (κ1) is 63.4. The summed E-state index contributed by atoms with van der Waals surface area (Å²) in [4.78, 5) is 12.8. The number of hydrogen-bond acceptors (Lipinski definition) is 31. The minimum atomic E-state index is -2.24. The molecular weight excluding hydrogens is 1040 g/mol. The highest BCUT2D eigenvalue weighted by atomic mass is 19.1. The third-order valence-electron chi connectivity index (χ3n) is 13.9. The monoisotopic (exact) mass is 1120 g/mol. The van der Waals surface area contributed by atoms with E-state index in [1.807, 2.05) is 0 Å². The predicted octanol–water partition coefficient (Wildman–Crippen LogP) is -11.8. The summed E-state index contributed by atoms with van der Waals surface area (Å²) in [6, 6.07) is -1.83. The lowest BCUT2D eigenvalue weighted by Crippen LogP contribution is -2.70. The van der Waals surface area contributed by atoms with Crippen LogP contribution in [0, 0.1) is 0 Å². The van der Waals surface area contributed by atoms with E-state index >= 15 is 0 Å². The Morgan fingerprint density at radius 2 is 0.816 bits per heavy atom. The average Bonchev–Trinajstić information content (AvgIpc) is 3.40. The Bertz CT molecular complexity index is 1740. The van der Waals surface area contributed by atoms with E-state index in [1.165, 1.54) is 0 Å². The van der Waals surface area contributed by atoms with E-state index in [4.69, 9.17) is 62.6 Å². The highest BCUT2D eigenvalue weighted by Crippen LogP contribution is 2.37. The van der Waals surface area contributed by atoms with Crippen LogP contribution in [-0.4, -0.2) is 330 Å². The van der Waals surface area contributed by atoms with Crippen molar-refractivity contribution in [2.45, 2.75) is 210 Å². The molecule has 444 valence electrons. The van der Waals surface area contributed by atoms with Crippen LogP contribution in [-0.2, 0) is 61.6 Å². The lowest BCUT2D eigenvalue weighted by Gasteiger charge is -2.51. The second-order valence-corrected chi connectivity index (χ2v) is 19.2. The Balaban J connectivity index is 1.20. The Morgan fingerprint density at radius 3 is 1.36 bits per heavy atom. The van der Waals surface area contributed by atoms with Crippen LogP contribution in [0.1, 0.15) is 26.2 Å². The van der Waals surface area contributed by atoms with Crippen molar-refractivity contribution in [3.8, 4) is 0 Å². The van der Waals surface area contributed by atoms with E-state index in [9.17, 15) is 96.0 Å². The molecule has 1 amide bonds. The molecule has 6 rings (SSSR count). The molecule has 0 aromatic carbocycles. The zero-order chi connectivity index (χ0) is 55.9. The maximum atomic E-state index is 13.8. The highest BCUT2D eigenvalue weighted by molar-refractivity contribution is 5.73. The van der Waals surface area contributed by atoms with Gasteiger partial charge in [0.25, 0.3) is 0 Å². The average molecular weight is 1120 g/mol. The number of rotatable bonds is 23. The summed E-state index contributed by atoms with van der Waals surface area (Å²) in [5.41, 5.74) is 5.50. The van der Waals surface area contributed by atoms with Crippen LogP contribution in [0.25, 0.3) is 0 Å². The molecule has 6 aliphatic rings. The molecule has 30 atom stereocenters. The van der Waals surface area contributed by atoms with Gasteiger partial charge in [-0.25, -0.2) is 4.39 Å². The predicted molar refractivity (Wildman–Crippen MR) is 236 cm³/mol. The standard InChI is InChI=1S/C43H75FN2O30/c1-13(52)46-20-35(74-43-37(26(58)22(54)15(8-47)69-43)76-40-29(61)25(57)21(53)14(7-44)66-40)23(55)16(9-48)67-38(20)75-36-24(56)17(10-49)68-42(32(36)64)73-34-19(12-51)71-41(31(63)28(34)60)72-33-18(11-50)70-39(30(62)27(33)59)65-6-4-2-3-5-45/h14-43,47-51,53-64H,2-12,45H2,1H3,(H,46,52)/t14?,15?,16?,17?,18?,19?,20?,21-,22+,23+,24+,25+,26+,27-,28-,29?,30?,31?,32?,33-,34+,35-,36+,37?,38+,39-,40+,41+,42-,43+/m1/s1. The molecule has 0 aliphatic carbocycles. The maximum Gasteiger partial charge on any atom is 0.217 e. The summed E-state index contributed by atoms with van der Waals surface area (Å²) in [6.45, 7) is -4.76. The molecule has 12 unspecified atom stereocenters. The molecule has 20 N–H and O–H groups in total. The van der Waals surface area contributed by atoms with Crippen LogP contribution in [0.3, 0.4) is 0 Å². The van der Waals surface area contributed by atoms with Crippen molar-refractivity contribution in [2.75, 3.05) is 52.9 Å². The molecule has 33 heteroatoms. The third-order valence-corrected chi connectivity index (χ3v) is 13.9. The molecule has 0 bridgehead atoms. The molecule has 76 heavy (non-hydrogen) atoms. The Labute approximate surface area is 432 Å². The maximum absolute atomic E-state index is 13.8. The lowest BCUT2D eigenvalue weighted by molar-refractivity contribution is -0.393. The molecule has 0 spiro atoms. The van der Waals surface area contributed by atoms with Crippen molar-refractivity contribution < 1.29 is 153 Å². The largest absolute Gasteiger partial charge is 0.394 e. The Morgan fingerprint density at radius 1 is 0.421 bits per heavy atom. The van der Waals surface area contributed by atoms with Gasteiger partial charge in [0.15, 0.2) is 37.7 Å². The fourth-order valence-corrected chi connectivity index (χ4v) is 9.62. The number of alkyl halides is 1. The molecule has 0 aromatic heterocycles. The van der Waals surface area contributed by atoms with Gasteiger partial charge in [-0.15, -0.1) is 0 Å². The van der Waals surface area contributed by atoms with Crippen molar-refractivity contribution >= 4 is 5.91 Å². The second-order valence-electron chi connectivity index (χ2n) is 19.2. The third kappa shape index (κ3) is 14.1. The number of nitrogens with two attached hydrogens (primary N) is 1. The number of halogens is 1. The Kier molecular flexibility index (Phi) is 24.0. The number of carbonyl (C=O) groups is 1. The van der Waals surface area contributed by atoms with E-state index in [0.29, 0.717) is 25.8 Å². The van der Waals surface area contributed by atoms with Gasteiger partial charge in [-0.3, -0.25) is 4.79 Å². The normalized spacial score (nSPS) is 48.4. The lowest BCUT2D eigenvalue weighted by atomic mass is 9.94. The van der Waals surface area contributed by atoms with Crippen LogP contribution in [0.4, 0.5) is 4.39 Å². The van der Waals surface area contributed by atoms with Gasteiger partial charge in [0.1, 0.15) is 153 Å². The topological polar surface area (TPSA) is 510 Å². The molecule has 6 heterocycles. The molecule has 0 aromatic rings. The van der Waals surface area contributed by atoms with Gasteiger partial charge in [0.2, 0.25) is 5.91 Å². The van der Waals surface area contributed by atoms with Gasteiger partial charge in [0, 0.05) is 13.5 Å². The summed E-state index contributed by atoms with van der Waals surface area (Å²) >= 11 is 0. The summed E-state index contributed by atoms with van der Waals surface area (Å²) in [5, 5.41) is 186. The first-order chi connectivity index (χ1) is 36.2. The van der Waals surface area contributed by atoms with E-state index in [2.05, 4.69) is 5.32 Å². The van der Waals surface area contributed by atoms with Gasteiger partial charge in [-0.1, -0.05) is 0 Å². The molecule has 6 fully saturated rings. The number of aliphatic hydroxyl groups excluding tert-OH is 17. The smallest absolute Gasteiger partial charge is 0.217 e. The Hall–Kier alpha value is -1.80. The first-order valence-corrected chi connectivity index (χ1v) is 24.8. The number of carbonyl (C=O) groups excluding carboxylic acids is 1. The van der Waals surface area contributed by atoms with Crippen molar-refractivity contribution in [1.29, 1.82) is 0 Å². The molecule has 32 nitrogen and oxygen atoms in total. The number of hydrogen-bond donors (Lipinski definition) is 19. The number of aliphatic hydroxyl groups is 17. The highest BCUT2D eigenvalue weighted by Gasteiger charge is 2.58. The van der Waals surface area contributed by atoms with Crippen LogP contribution in [0.2, 0.25) is 0 Å². The van der Waals surface area contributed by atoms with Gasteiger partial charge in [0.05, 0.1) is 33.0 Å². The van der Waals surface area contributed by atoms with Crippen LogP contribution in [0.5, 0.6) is 0 Å². The van der Waals surface area contributed by atoms with E-state index < -0.39 is 230 Å². The number of amides is 1. The fourth-order valence-electron chi connectivity index (χ4n) is 9.62.